The van der Waals surface area contributed by atoms with Gasteiger partial charge in [0.05, 0.1) is 22.3 Å². The fourth-order valence-corrected chi connectivity index (χ4v) is 2.40. The lowest BCUT2D eigenvalue weighted by molar-refractivity contribution is 0.0699. The number of nitrogens with one attached hydrogen (secondary N) is 1. The number of fused-ring (bicyclic) bond motifs is 1. The van der Waals surface area contributed by atoms with Crippen LogP contribution in [-0.2, 0) is 20.0 Å². The van der Waals surface area contributed by atoms with E-state index >= 15 is 0 Å². The van der Waals surface area contributed by atoms with E-state index in [2.05, 4.69) is 10.1 Å². The first kappa shape index (κ1) is 13.2. The van der Waals surface area contributed by atoms with Gasteiger partial charge in [0.15, 0.2) is 0 Å². The lowest BCUT2D eigenvalue weighted by Gasteiger charge is -2.02. The maximum absolute atomic E-state index is 12.0. The number of aromatic carboxylic acids is 1. The van der Waals surface area contributed by atoms with E-state index in [4.69, 9.17) is 5.11 Å². The molecule has 2 heterocycles. The number of rotatable bonds is 4. The minimum atomic E-state index is -1.06. The minimum absolute atomic E-state index is 0.0983. The van der Waals surface area contributed by atoms with Crippen molar-refractivity contribution in [1.29, 1.82) is 0 Å². The standard InChI is InChI=1S/C14H14N4O3/c1-17-7-5-9(16-17)6-8-18-11-4-2-3-10(13(19)20)12(11)15-14(18)21/h2-5,7H,6,8H2,1H3,(H,15,21)(H,19,20). The molecule has 0 aliphatic rings. The topological polar surface area (TPSA) is 92.9 Å². The van der Waals surface area contributed by atoms with Crippen LogP contribution in [0.25, 0.3) is 11.0 Å². The molecule has 0 unspecified atom stereocenters. The number of H-pyrrole nitrogens is 1. The summed E-state index contributed by atoms with van der Waals surface area (Å²) in [4.78, 5) is 25.8. The van der Waals surface area contributed by atoms with Crippen molar-refractivity contribution in [3.05, 3.63) is 52.2 Å². The molecule has 0 aliphatic carbocycles. The Morgan fingerprint density at radius 1 is 1.38 bits per heavy atom. The van der Waals surface area contributed by atoms with Crippen LogP contribution in [0.15, 0.2) is 35.3 Å². The molecule has 1 aromatic carbocycles. The molecule has 7 heteroatoms. The monoisotopic (exact) mass is 286 g/mol. The second-order valence-corrected chi connectivity index (χ2v) is 4.82. The lowest BCUT2D eigenvalue weighted by atomic mass is 10.2. The molecule has 3 aromatic rings. The summed E-state index contributed by atoms with van der Waals surface area (Å²) in [6.45, 7) is 0.443. The molecule has 0 saturated carbocycles. The Hall–Kier alpha value is -2.83. The van der Waals surface area contributed by atoms with Crippen molar-refractivity contribution in [2.24, 2.45) is 7.05 Å². The molecule has 21 heavy (non-hydrogen) atoms. The van der Waals surface area contributed by atoms with Gasteiger partial charge < -0.3 is 10.1 Å². The zero-order valence-electron chi connectivity index (χ0n) is 11.4. The van der Waals surface area contributed by atoms with Crippen LogP contribution < -0.4 is 5.69 Å². The van der Waals surface area contributed by atoms with Crippen molar-refractivity contribution in [3.8, 4) is 0 Å². The molecular formula is C14H14N4O3. The van der Waals surface area contributed by atoms with Gasteiger partial charge in [-0.05, 0) is 18.2 Å². The van der Waals surface area contributed by atoms with E-state index in [1.807, 2.05) is 19.3 Å². The van der Waals surface area contributed by atoms with Crippen molar-refractivity contribution >= 4 is 17.0 Å². The molecule has 0 spiro atoms. The zero-order valence-corrected chi connectivity index (χ0v) is 11.4. The molecule has 3 rings (SSSR count). The van der Waals surface area contributed by atoms with Crippen LogP contribution in [0.4, 0.5) is 0 Å². The van der Waals surface area contributed by atoms with Crippen LogP contribution in [0.2, 0.25) is 0 Å². The first-order valence-electron chi connectivity index (χ1n) is 6.49. The normalized spacial score (nSPS) is 11.1. The Labute approximate surface area is 119 Å². The average Bonchev–Trinajstić information content (AvgIpc) is 2.98. The quantitative estimate of drug-likeness (QED) is 0.748. The number of carboxylic acid groups (broad SMARTS) is 1. The molecule has 0 radical (unpaired) electrons. The average molecular weight is 286 g/mol. The van der Waals surface area contributed by atoms with Crippen molar-refractivity contribution in [2.45, 2.75) is 13.0 Å². The predicted molar refractivity (Wildman–Crippen MR) is 76.4 cm³/mol. The van der Waals surface area contributed by atoms with Crippen LogP contribution >= 0.6 is 0 Å². The number of para-hydroxylation sites is 1. The van der Waals surface area contributed by atoms with Crippen LogP contribution in [0.5, 0.6) is 0 Å². The summed E-state index contributed by atoms with van der Waals surface area (Å²) in [6.07, 6.45) is 2.45. The van der Waals surface area contributed by atoms with E-state index < -0.39 is 5.97 Å². The third-order valence-electron chi connectivity index (χ3n) is 3.40. The molecule has 7 nitrogen and oxygen atoms in total. The van der Waals surface area contributed by atoms with Crippen LogP contribution in [0.1, 0.15) is 16.1 Å². The number of nitrogens with zero attached hydrogens (tertiary/aromatic N) is 3. The summed E-state index contributed by atoms with van der Waals surface area (Å²) in [5, 5.41) is 13.4. The van der Waals surface area contributed by atoms with Gasteiger partial charge in [0.25, 0.3) is 0 Å². The molecule has 0 bridgehead atoms. The summed E-state index contributed by atoms with van der Waals surface area (Å²) in [5.74, 6) is -1.06. The second-order valence-electron chi connectivity index (χ2n) is 4.82. The van der Waals surface area contributed by atoms with Crippen molar-refractivity contribution in [1.82, 2.24) is 19.3 Å². The maximum Gasteiger partial charge on any atom is 0.337 e. The highest BCUT2D eigenvalue weighted by Gasteiger charge is 2.14. The van der Waals surface area contributed by atoms with Gasteiger partial charge in [0.2, 0.25) is 0 Å². The highest BCUT2D eigenvalue weighted by atomic mass is 16.4. The van der Waals surface area contributed by atoms with Gasteiger partial charge >= 0.3 is 11.7 Å². The molecule has 2 N–H and O–H groups in total. The largest absolute Gasteiger partial charge is 0.478 e. The summed E-state index contributed by atoms with van der Waals surface area (Å²) < 4.78 is 3.24. The number of benzene rings is 1. The third kappa shape index (κ3) is 2.33. The van der Waals surface area contributed by atoms with Crippen molar-refractivity contribution < 1.29 is 9.90 Å². The smallest absolute Gasteiger partial charge is 0.337 e. The van der Waals surface area contributed by atoms with Crippen LogP contribution in [0, 0.1) is 0 Å². The van der Waals surface area contributed by atoms with Crippen molar-refractivity contribution in [3.63, 3.8) is 0 Å². The number of imidazole rings is 1. The highest BCUT2D eigenvalue weighted by molar-refractivity contribution is 6.00. The summed E-state index contributed by atoms with van der Waals surface area (Å²) in [7, 11) is 1.83. The fourth-order valence-electron chi connectivity index (χ4n) is 2.40. The maximum atomic E-state index is 12.0. The van der Waals surface area contributed by atoms with Gasteiger partial charge in [-0.1, -0.05) is 6.07 Å². The number of carboxylic acids is 1. The van der Waals surface area contributed by atoms with Crippen LogP contribution in [-0.4, -0.2) is 30.4 Å². The van der Waals surface area contributed by atoms with E-state index in [-0.39, 0.29) is 11.3 Å². The van der Waals surface area contributed by atoms with E-state index in [0.29, 0.717) is 24.0 Å². The van der Waals surface area contributed by atoms with Gasteiger partial charge in [-0.2, -0.15) is 5.10 Å². The number of carbonyl (C=O) groups is 1. The van der Waals surface area contributed by atoms with E-state index in [0.717, 1.165) is 5.69 Å². The van der Waals surface area contributed by atoms with Gasteiger partial charge in [-0.25, -0.2) is 9.59 Å². The number of aryl methyl sites for hydroxylation is 3. The highest BCUT2D eigenvalue weighted by Crippen LogP contribution is 2.15. The first-order chi connectivity index (χ1) is 10.1. The Morgan fingerprint density at radius 3 is 2.86 bits per heavy atom. The Morgan fingerprint density at radius 2 is 2.19 bits per heavy atom. The Balaban J connectivity index is 1.99. The van der Waals surface area contributed by atoms with Gasteiger partial charge in [-0.3, -0.25) is 9.25 Å². The summed E-state index contributed by atoms with van der Waals surface area (Å²) >= 11 is 0. The lowest BCUT2D eigenvalue weighted by Crippen LogP contribution is -2.18. The Kier molecular flexibility index (Phi) is 3.09. The second kappa shape index (κ2) is 4.93. The van der Waals surface area contributed by atoms with E-state index in [9.17, 15) is 9.59 Å². The SMILES string of the molecule is Cn1ccc(CCn2c(=O)[nH]c3c(C(=O)O)cccc32)n1. The van der Waals surface area contributed by atoms with Gasteiger partial charge in [0.1, 0.15) is 0 Å². The molecule has 108 valence electrons. The number of aromatic nitrogens is 4. The molecule has 0 atom stereocenters. The minimum Gasteiger partial charge on any atom is -0.478 e. The first-order valence-corrected chi connectivity index (χ1v) is 6.49. The Bertz CT molecular complexity index is 872. The zero-order chi connectivity index (χ0) is 15.0. The van der Waals surface area contributed by atoms with Gasteiger partial charge in [0, 0.05) is 26.2 Å². The number of aromatic amines is 1. The van der Waals surface area contributed by atoms with E-state index in [1.165, 1.54) is 10.6 Å². The van der Waals surface area contributed by atoms with Gasteiger partial charge in [-0.15, -0.1) is 0 Å². The number of hydrogen-bond donors (Lipinski definition) is 2. The molecule has 0 fully saturated rings. The van der Waals surface area contributed by atoms with Crippen molar-refractivity contribution in [2.75, 3.05) is 0 Å². The molecule has 0 aliphatic heterocycles. The fraction of sp³-hybridized carbons (Fsp3) is 0.214. The summed E-state index contributed by atoms with van der Waals surface area (Å²) in [5.41, 5.74) is 1.62. The molecule has 0 saturated heterocycles. The third-order valence-corrected chi connectivity index (χ3v) is 3.40. The molecule has 2 aromatic heterocycles. The summed E-state index contributed by atoms with van der Waals surface area (Å²) in [6, 6.07) is 6.74. The molecular weight excluding hydrogens is 272 g/mol. The number of hydrogen-bond acceptors (Lipinski definition) is 3. The predicted octanol–water partition coefficient (Wildman–Crippen LogP) is 1.00. The van der Waals surface area contributed by atoms with Crippen LogP contribution in [0.3, 0.4) is 0 Å². The molecule has 0 amide bonds. The van der Waals surface area contributed by atoms with E-state index in [1.54, 1.807) is 16.8 Å².